The quantitative estimate of drug-likeness (QED) is 0.797. The van der Waals surface area contributed by atoms with Crippen LogP contribution in [0, 0.1) is 0 Å². The summed E-state index contributed by atoms with van der Waals surface area (Å²) in [4.78, 5) is 11.4. The summed E-state index contributed by atoms with van der Waals surface area (Å²) in [6.07, 6.45) is 0.933. The van der Waals surface area contributed by atoms with Crippen LogP contribution in [0.5, 0.6) is 0 Å². The van der Waals surface area contributed by atoms with E-state index in [1.165, 1.54) is 24.3 Å². The molecule has 0 radical (unpaired) electrons. The molecule has 1 amide bonds. The molecule has 6 nitrogen and oxygen atoms in total. The van der Waals surface area contributed by atoms with Crippen molar-refractivity contribution in [1.29, 1.82) is 0 Å². The molecule has 140 valence electrons. The van der Waals surface area contributed by atoms with E-state index in [0.29, 0.717) is 0 Å². The van der Waals surface area contributed by atoms with Gasteiger partial charge in [0.15, 0.2) is 9.84 Å². The maximum Gasteiger partial charge on any atom is 0.341 e. The predicted molar refractivity (Wildman–Crippen MR) is 92.1 cm³/mol. The third kappa shape index (κ3) is 4.19. The zero-order chi connectivity index (χ0) is 19.7. The number of amides is 1. The van der Waals surface area contributed by atoms with Gasteiger partial charge in [0.05, 0.1) is 26.1 Å². The number of benzene rings is 2. The van der Waals surface area contributed by atoms with Gasteiger partial charge in [-0.1, -0.05) is 23.7 Å². The number of nitrogens with one attached hydrogen (secondary N) is 1. The summed E-state index contributed by atoms with van der Waals surface area (Å²) in [5.74, 6) is -4.62. The second-order valence-electron chi connectivity index (χ2n) is 5.17. The molecule has 0 unspecified atom stereocenters. The molecule has 0 spiro atoms. The highest BCUT2D eigenvalue weighted by molar-refractivity contribution is 7.92. The third-order valence-electron chi connectivity index (χ3n) is 3.29. The van der Waals surface area contributed by atoms with Gasteiger partial charge >= 0.3 is 5.76 Å². The van der Waals surface area contributed by atoms with E-state index in [0.717, 1.165) is 24.5 Å². The topological polar surface area (TPSA) is 97.4 Å². The first-order valence-corrected chi connectivity index (χ1v) is 10.7. The van der Waals surface area contributed by atoms with Crippen molar-refractivity contribution >= 4 is 42.9 Å². The van der Waals surface area contributed by atoms with E-state index < -0.39 is 36.2 Å². The molecular weight excluding hydrogens is 412 g/mol. The first-order valence-electron chi connectivity index (χ1n) is 6.86. The fourth-order valence-electron chi connectivity index (χ4n) is 2.01. The van der Waals surface area contributed by atoms with Gasteiger partial charge in [-0.25, -0.2) is 16.8 Å². The van der Waals surface area contributed by atoms with Gasteiger partial charge in [0.2, 0.25) is 9.84 Å². The van der Waals surface area contributed by atoms with Crippen molar-refractivity contribution in [1.82, 2.24) is 0 Å². The molecule has 0 fully saturated rings. The van der Waals surface area contributed by atoms with Crippen molar-refractivity contribution in [2.24, 2.45) is 0 Å². The molecule has 0 bridgehead atoms. The van der Waals surface area contributed by atoms with E-state index in [-0.39, 0.29) is 21.2 Å². The molecule has 0 atom stereocenters. The Morgan fingerprint density at radius 2 is 1.69 bits per heavy atom. The fraction of sp³-hybridized carbons (Fsp3) is 0.133. The van der Waals surface area contributed by atoms with Crippen LogP contribution in [0.1, 0.15) is 10.4 Å². The van der Waals surface area contributed by atoms with Crippen LogP contribution < -0.4 is 5.32 Å². The van der Waals surface area contributed by atoms with Crippen LogP contribution in [0.25, 0.3) is 0 Å². The number of carbonyl (C=O) groups is 1. The van der Waals surface area contributed by atoms with Crippen LogP contribution in [0.3, 0.4) is 0 Å². The van der Waals surface area contributed by atoms with Crippen LogP contribution in [-0.2, 0) is 19.7 Å². The van der Waals surface area contributed by atoms with Crippen molar-refractivity contribution in [3.63, 3.8) is 0 Å². The highest BCUT2D eigenvalue weighted by atomic mass is 35.5. The summed E-state index contributed by atoms with van der Waals surface area (Å²) in [6, 6.07) is 8.01. The Morgan fingerprint density at radius 1 is 1.08 bits per heavy atom. The van der Waals surface area contributed by atoms with Gasteiger partial charge in [0.1, 0.15) is 0 Å². The van der Waals surface area contributed by atoms with Crippen LogP contribution in [0.2, 0.25) is 5.02 Å². The van der Waals surface area contributed by atoms with Crippen molar-refractivity contribution in [2.75, 3.05) is 11.6 Å². The molecule has 2 aromatic rings. The minimum atomic E-state index is -4.95. The van der Waals surface area contributed by atoms with Crippen LogP contribution in [0.15, 0.2) is 52.3 Å². The Labute approximate surface area is 153 Å². The number of hydrogen-bond acceptors (Lipinski definition) is 5. The van der Waals surface area contributed by atoms with Gasteiger partial charge in [-0.3, -0.25) is 4.79 Å². The van der Waals surface area contributed by atoms with E-state index in [1.807, 2.05) is 0 Å². The molecule has 26 heavy (non-hydrogen) atoms. The summed E-state index contributed by atoms with van der Waals surface area (Å²) in [5, 5.41) is 2.08. The minimum Gasteiger partial charge on any atom is -0.321 e. The SMILES string of the molecule is CS(=O)(=O)c1ccc(Cl)c(C(=O)Nc2ccccc2S(=O)(=O)C(F)F)c1. The van der Waals surface area contributed by atoms with E-state index in [2.05, 4.69) is 5.32 Å². The molecule has 2 aromatic carbocycles. The van der Waals surface area contributed by atoms with Crippen molar-refractivity contribution in [2.45, 2.75) is 15.5 Å². The molecule has 11 heteroatoms. The first kappa shape index (κ1) is 20.3. The summed E-state index contributed by atoms with van der Waals surface area (Å²) in [7, 11) is -8.58. The number of sulfone groups is 2. The van der Waals surface area contributed by atoms with E-state index in [9.17, 15) is 30.4 Å². The lowest BCUT2D eigenvalue weighted by atomic mass is 10.2. The van der Waals surface area contributed by atoms with E-state index in [4.69, 9.17) is 11.6 Å². The Hall–Kier alpha value is -2.04. The van der Waals surface area contributed by atoms with Crippen LogP contribution in [-0.4, -0.2) is 34.8 Å². The van der Waals surface area contributed by atoms with Crippen molar-refractivity contribution in [3.8, 4) is 0 Å². The second-order valence-corrected chi connectivity index (χ2v) is 9.48. The van der Waals surface area contributed by atoms with Gasteiger partial charge in [-0.05, 0) is 30.3 Å². The van der Waals surface area contributed by atoms with Crippen molar-refractivity contribution in [3.05, 3.63) is 53.1 Å². The molecule has 0 aromatic heterocycles. The molecule has 0 saturated carbocycles. The number of hydrogen-bond donors (Lipinski definition) is 1. The minimum absolute atomic E-state index is 0.0934. The molecular formula is C15H12ClF2NO5S2. The van der Waals surface area contributed by atoms with Gasteiger partial charge < -0.3 is 5.32 Å². The Kier molecular flexibility index (Phi) is 5.69. The smallest absolute Gasteiger partial charge is 0.321 e. The lowest BCUT2D eigenvalue weighted by Crippen LogP contribution is -2.18. The molecule has 0 aliphatic rings. The molecule has 0 aliphatic heterocycles. The zero-order valence-electron chi connectivity index (χ0n) is 13.1. The second kappa shape index (κ2) is 7.29. The maximum absolute atomic E-state index is 12.8. The number of carbonyl (C=O) groups excluding carboxylic acids is 1. The molecule has 0 heterocycles. The van der Waals surface area contributed by atoms with Crippen molar-refractivity contribution < 1.29 is 30.4 Å². The van der Waals surface area contributed by atoms with Crippen LogP contribution >= 0.6 is 11.6 Å². The normalized spacial score (nSPS) is 12.2. The Morgan fingerprint density at radius 3 is 2.27 bits per heavy atom. The molecule has 0 aliphatic carbocycles. The third-order valence-corrected chi connectivity index (χ3v) is 6.16. The highest BCUT2D eigenvalue weighted by Gasteiger charge is 2.29. The monoisotopic (exact) mass is 423 g/mol. The summed E-state index contributed by atoms with van der Waals surface area (Å²) >= 11 is 5.89. The van der Waals surface area contributed by atoms with Crippen LogP contribution in [0.4, 0.5) is 14.5 Å². The average Bonchev–Trinajstić information content (AvgIpc) is 2.54. The van der Waals surface area contributed by atoms with Gasteiger partial charge in [-0.15, -0.1) is 0 Å². The number of anilines is 1. The standard InChI is InChI=1S/C15H12ClF2NO5S2/c1-25(21,22)9-6-7-11(16)10(8-9)14(20)19-12-4-2-3-5-13(12)26(23,24)15(17)18/h2-8,15H,1H3,(H,19,20). The van der Waals surface area contributed by atoms with Gasteiger partial charge in [-0.2, -0.15) is 8.78 Å². The maximum atomic E-state index is 12.8. The number of para-hydroxylation sites is 1. The average molecular weight is 424 g/mol. The lowest BCUT2D eigenvalue weighted by molar-refractivity contribution is 0.102. The van der Waals surface area contributed by atoms with E-state index >= 15 is 0 Å². The zero-order valence-corrected chi connectivity index (χ0v) is 15.5. The Balaban J connectivity index is 2.48. The number of rotatable bonds is 5. The Bertz CT molecular complexity index is 1070. The van der Waals surface area contributed by atoms with Gasteiger partial charge in [0, 0.05) is 6.26 Å². The van der Waals surface area contributed by atoms with Gasteiger partial charge in [0.25, 0.3) is 5.91 Å². The molecule has 2 rings (SSSR count). The highest BCUT2D eigenvalue weighted by Crippen LogP contribution is 2.28. The predicted octanol–water partition coefficient (Wildman–Crippen LogP) is 2.99. The largest absolute Gasteiger partial charge is 0.341 e. The molecule has 1 N–H and O–H groups in total. The number of halogens is 3. The lowest BCUT2D eigenvalue weighted by Gasteiger charge is -2.12. The van der Waals surface area contributed by atoms with E-state index in [1.54, 1.807) is 0 Å². The fourth-order valence-corrected chi connectivity index (χ4v) is 3.75. The summed E-state index contributed by atoms with van der Waals surface area (Å²) < 4.78 is 72.2. The number of alkyl halides is 2. The summed E-state index contributed by atoms with van der Waals surface area (Å²) in [6.45, 7) is 0. The first-order chi connectivity index (χ1) is 11.9. The molecule has 0 saturated heterocycles. The summed E-state index contributed by atoms with van der Waals surface area (Å²) in [5.41, 5.74) is -0.627.